The number of rotatable bonds is 1. The zero-order valence-electron chi connectivity index (χ0n) is 11.5. The maximum Gasteiger partial charge on any atom is 0.0940 e. The number of hydrogen-bond donors (Lipinski definition) is 1. The summed E-state index contributed by atoms with van der Waals surface area (Å²) in [7, 11) is 0. The van der Waals surface area contributed by atoms with Crippen LogP contribution in [0.5, 0.6) is 0 Å². The molecule has 1 aromatic heterocycles. The van der Waals surface area contributed by atoms with Crippen LogP contribution in [0.1, 0.15) is 16.7 Å². The molecule has 0 amide bonds. The van der Waals surface area contributed by atoms with Gasteiger partial charge in [0.2, 0.25) is 0 Å². The van der Waals surface area contributed by atoms with Gasteiger partial charge in [0, 0.05) is 11.8 Å². The van der Waals surface area contributed by atoms with E-state index in [-0.39, 0.29) is 0 Å². The minimum atomic E-state index is 0.784. The van der Waals surface area contributed by atoms with E-state index in [0.717, 1.165) is 35.3 Å². The molecule has 2 aromatic carbocycles. The molecule has 98 valence electrons. The zero-order chi connectivity index (χ0) is 13.7. The SMILES string of the molecule is Cc1ccnc(-c2ccc3c4c(cccc24)CC3)c1N. The van der Waals surface area contributed by atoms with Gasteiger partial charge in [0.25, 0.3) is 0 Å². The lowest BCUT2D eigenvalue weighted by Crippen LogP contribution is -1.97. The van der Waals surface area contributed by atoms with Crippen molar-refractivity contribution in [2.75, 3.05) is 5.73 Å². The highest BCUT2D eigenvalue weighted by Crippen LogP contribution is 2.38. The van der Waals surface area contributed by atoms with Gasteiger partial charge >= 0.3 is 0 Å². The van der Waals surface area contributed by atoms with Crippen LogP contribution < -0.4 is 5.73 Å². The molecule has 0 spiro atoms. The minimum Gasteiger partial charge on any atom is -0.397 e. The lowest BCUT2D eigenvalue weighted by Gasteiger charge is -2.11. The van der Waals surface area contributed by atoms with Gasteiger partial charge in [-0.1, -0.05) is 30.3 Å². The molecule has 4 rings (SSSR count). The number of hydrogen-bond acceptors (Lipinski definition) is 2. The summed E-state index contributed by atoms with van der Waals surface area (Å²) in [6.07, 6.45) is 4.13. The molecule has 1 aliphatic rings. The van der Waals surface area contributed by atoms with E-state index in [0.29, 0.717) is 0 Å². The normalized spacial score (nSPS) is 13.1. The topological polar surface area (TPSA) is 38.9 Å². The molecule has 0 radical (unpaired) electrons. The van der Waals surface area contributed by atoms with Gasteiger partial charge in [-0.15, -0.1) is 0 Å². The third-order valence-electron chi connectivity index (χ3n) is 4.34. The molecular weight excluding hydrogens is 244 g/mol. The molecule has 0 bridgehead atoms. The molecule has 2 N–H and O–H groups in total. The van der Waals surface area contributed by atoms with Crippen LogP contribution >= 0.6 is 0 Å². The summed E-state index contributed by atoms with van der Waals surface area (Å²) in [4.78, 5) is 4.51. The Labute approximate surface area is 118 Å². The molecule has 0 atom stereocenters. The minimum absolute atomic E-state index is 0.784. The monoisotopic (exact) mass is 260 g/mol. The zero-order valence-corrected chi connectivity index (χ0v) is 11.5. The van der Waals surface area contributed by atoms with Crippen molar-refractivity contribution in [1.29, 1.82) is 0 Å². The molecule has 0 saturated carbocycles. The fourth-order valence-corrected chi connectivity index (χ4v) is 3.24. The van der Waals surface area contributed by atoms with E-state index in [4.69, 9.17) is 5.73 Å². The van der Waals surface area contributed by atoms with E-state index in [9.17, 15) is 0 Å². The van der Waals surface area contributed by atoms with Crippen molar-refractivity contribution in [3.8, 4) is 11.3 Å². The van der Waals surface area contributed by atoms with E-state index in [1.165, 1.54) is 21.9 Å². The van der Waals surface area contributed by atoms with Crippen LogP contribution in [0.15, 0.2) is 42.6 Å². The molecule has 20 heavy (non-hydrogen) atoms. The van der Waals surface area contributed by atoms with Crippen LogP contribution in [-0.4, -0.2) is 4.98 Å². The Bertz CT molecular complexity index is 824. The highest BCUT2D eigenvalue weighted by atomic mass is 14.7. The molecule has 3 aromatic rings. The summed E-state index contributed by atoms with van der Waals surface area (Å²) in [6.45, 7) is 2.03. The van der Waals surface area contributed by atoms with Gasteiger partial charge in [-0.25, -0.2) is 0 Å². The largest absolute Gasteiger partial charge is 0.397 e. The summed E-state index contributed by atoms with van der Waals surface area (Å²) in [5.74, 6) is 0. The van der Waals surface area contributed by atoms with Crippen LogP contribution in [0.4, 0.5) is 5.69 Å². The maximum absolute atomic E-state index is 6.23. The van der Waals surface area contributed by atoms with Gasteiger partial charge in [-0.3, -0.25) is 4.98 Å². The first kappa shape index (κ1) is 11.5. The Morgan fingerprint density at radius 3 is 2.65 bits per heavy atom. The lowest BCUT2D eigenvalue weighted by atomic mass is 9.96. The molecule has 0 aliphatic heterocycles. The van der Waals surface area contributed by atoms with Crippen molar-refractivity contribution in [2.24, 2.45) is 0 Å². The van der Waals surface area contributed by atoms with Gasteiger partial charge in [-0.2, -0.15) is 0 Å². The molecule has 0 saturated heterocycles. The van der Waals surface area contributed by atoms with Crippen LogP contribution in [-0.2, 0) is 12.8 Å². The van der Waals surface area contributed by atoms with Gasteiger partial charge in [-0.05, 0) is 53.3 Å². The highest BCUT2D eigenvalue weighted by Gasteiger charge is 2.17. The van der Waals surface area contributed by atoms with Crippen LogP contribution in [0.2, 0.25) is 0 Å². The number of aryl methyl sites for hydroxylation is 3. The standard InChI is InChI=1S/C18H16N2/c1-11-9-10-20-18(17(11)19)15-8-7-13-6-5-12-3-2-4-14(15)16(12)13/h2-4,7-10H,5-6,19H2,1H3. The summed E-state index contributed by atoms with van der Waals surface area (Å²) in [6, 6.07) is 12.9. The van der Waals surface area contributed by atoms with Crippen molar-refractivity contribution in [3.63, 3.8) is 0 Å². The summed E-state index contributed by atoms with van der Waals surface area (Å²) < 4.78 is 0. The smallest absolute Gasteiger partial charge is 0.0940 e. The Hall–Kier alpha value is -2.35. The van der Waals surface area contributed by atoms with E-state index in [2.05, 4.69) is 35.3 Å². The van der Waals surface area contributed by atoms with Crippen molar-refractivity contribution < 1.29 is 0 Å². The number of benzene rings is 2. The second-order valence-corrected chi connectivity index (χ2v) is 5.50. The quantitative estimate of drug-likeness (QED) is 0.721. The fourth-order valence-electron chi connectivity index (χ4n) is 3.24. The molecule has 0 unspecified atom stereocenters. The van der Waals surface area contributed by atoms with Gasteiger partial charge in [0.15, 0.2) is 0 Å². The Morgan fingerprint density at radius 2 is 1.80 bits per heavy atom. The molecule has 2 heteroatoms. The van der Waals surface area contributed by atoms with Crippen molar-refractivity contribution in [3.05, 3.63) is 59.3 Å². The average Bonchev–Trinajstić information content (AvgIpc) is 2.88. The molecule has 0 fully saturated rings. The van der Waals surface area contributed by atoms with Gasteiger partial charge < -0.3 is 5.73 Å². The van der Waals surface area contributed by atoms with E-state index in [1.54, 1.807) is 0 Å². The Morgan fingerprint density at radius 1 is 1.00 bits per heavy atom. The fraction of sp³-hybridized carbons (Fsp3) is 0.167. The van der Waals surface area contributed by atoms with Crippen LogP contribution in [0.25, 0.3) is 22.0 Å². The Kier molecular flexibility index (Phi) is 2.34. The second kappa shape index (κ2) is 4.07. The molecule has 2 nitrogen and oxygen atoms in total. The van der Waals surface area contributed by atoms with Crippen molar-refractivity contribution >= 4 is 16.5 Å². The number of nitrogen functional groups attached to an aromatic ring is 1. The van der Waals surface area contributed by atoms with Crippen molar-refractivity contribution in [2.45, 2.75) is 19.8 Å². The van der Waals surface area contributed by atoms with Gasteiger partial charge in [0.1, 0.15) is 0 Å². The average molecular weight is 260 g/mol. The lowest BCUT2D eigenvalue weighted by molar-refractivity contribution is 1.02. The van der Waals surface area contributed by atoms with Crippen LogP contribution in [0, 0.1) is 6.92 Å². The van der Waals surface area contributed by atoms with E-state index < -0.39 is 0 Å². The predicted octanol–water partition coefficient (Wildman–Crippen LogP) is 3.89. The number of nitrogens with two attached hydrogens (primary N) is 1. The maximum atomic E-state index is 6.23. The van der Waals surface area contributed by atoms with Crippen LogP contribution in [0.3, 0.4) is 0 Å². The number of pyridine rings is 1. The first-order valence-electron chi connectivity index (χ1n) is 7.00. The predicted molar refractivity (Wildman–Crippen MR) is 83.7 cm³/mol. The van der Waals surface area contributed by atoms with E-state index >= 15 is 0 Å². The number of nitrogens with zero attached hydrogens (tertiary/aromatic N) is 1. The highest BCUT2D eigenvalue weighted by molar-refractivity contribution is 6.02. The third-order valence-corrected chi connectivity index (χ3v) is 4.34. The van der Waals surface area contributed by atoms with E-state index in [1.807, 2.05) is 19.2 Å². The first-order chi connectivity index (χ1) is 9.75. The molecule has 1 heterocycles. The summed E-state index contributed by atoms with van der Waals surface area (Å²) in [5, 5.41) is 2.69. The molecular formula is C18H16N2. The van der Waals surface area contributed by atoms with Crippen molar-refractivity contribution in [1.82, 2.24) is 4.98 Å². The third kappa shape index (κ3) is 1.48. The second-order valence-electron chi connectivity index (χ2n) is 5.50. The Balaban J connectivity index is 2.09. The van der Waals surface area contributed by atoms with Gasteiger partial charge in [0.05, 0.1) is 11.4 Å². The summed E-state index contributed by atoms with van der Waals surface area (Å²) >= 11 is 0. The molecule has 1 aliphatic carbocycles. The number of aromatic nitrogens is 1. The summed E-state index contributed by atoms with van der Waals surface area (Å²) in [5.41, 5.74) is 13.0. The number of anilines is 1. The first-order valence-corrected chi connectivity index (χ1v) is 7.00.